The molecular formula is C13H23NO. The summed E-state index contributed by atoms with van der Waals surface area (Å²) in [5.41, 5.74) is 6.72. The summed E-state index contributed by atoms with van der Waals surface area (Å²) in [7, 11) is 0. The molecule has 0 aliphatic heterocycles. The number of rotatable bonds is 5. The van der Waals surface area contributed by atoms with Crippen molar-refractivity contribution in [3.05, 3.63) is 29.8 Å². The quantitative estimate of drug-likeness (QED) is 0.809. The van der Waals surface area contributed by atoms with Crippen LogP contribution in [0, 0.1) is 0 Å². The van der Waals surface area contributed by atoms with Crippen LogP contribution in [0.1, 0.15) is 32.8 Å². The second-order valence-electron chi connectivity index (χ2n) is 3.03. The largest absolute Gasteiger partial charge is 0.494 e. The van der Waals surface area contributed by atoms with Gasteiger partial charge in [0.2, 0.25) is 0 Å². The zero-order chi connectivity index (χ0) is 11.5. The molecule has 2 N–H and O–H groups in total. The van der Waals surface area contributed by atoms with Gasteiger partial charge in [0.05, 0.1) is 6.61 Å². The molecule has 0 heterocycles. The smallest absolute Gasteiger partial charge is 0.119 e. The first-order valence-electron chi connectivity index (χ1n) is 5.78. The lowest BCUT2D eigenvalue weighted by Gasteiger charge is -2.04. The van der Waals surface area contributed by atoms with Crippen molar-refractivity contribution in [3.63, 3.8) is 0 Å². The maximum atomic E-state index is 5.46. The minimum atomic E-state index is 0.704. The van der Waals surface area contributed by atoms with E-state index in [2.05, 4.69) is 19.1 Å². The Morgan fingerprint density at radius 1 is 1.13 bits per heavy atom. The van der Waals surface area contributed by atoms with Crippen LogP contribution < -0.4 is 10.5 Å². The van der Waals surface area contributed by atoms with Gasteiger partial charge in [0.25, 0.3) is 0 Å². The molecule has 0 saturated carbocycles. The number of benzene rings is 1. The van der Waals surface area contributed by atoms with Crippen molar-refractivity contribution in [2.75, 3.05) is 13.2 Å². The van der Waals surface area contributed by atoms with Crippen molar-refractivity contribution >= 4 is 0 Å². The Hall–Kier alpha value is -1.02. The van der Waals surface area contributed by atoms with E-state index in [0.717, 1.165) is 25.2 Å². The van der Waals surface area contributed by atoms with E-state index >= 15 is 0 Å². The standard InChI is InChI=1S/C11H17NO.C2H6/c1-2-9-13-11-5-3-10(4-6-11)7-8-12;1-2/h3-6H,2,7-9,12H2,1H3;1-2H3. The Morgan fingerprint density at radius 2 is 1.73 bits per heavy atom. The second kappa shape index (κ2) is 9.53. The first kappa shape index (κ1) is 14.0. The van der Waals surface area contributed by atoms with Gasteiger partial charge in [0.1, 0.15) is 5.75 Å². The fourth-order valence-electron chi connectivity index (χ4n) is 1.14. The van der Waals surface area contributed by atoms with E-state index in [1.165, 1.54) is 5.56 Å². The molecule has 0 saturated heterocycles. The topological polar surface area (TPSA) is 35.2 Å². The van der Waals surface area contributed by atoms with Gasteiger partial charge in [0, 0.05) is 0 Å². The summed E-state index contributed by atoms with van der Waals surface area (Å²) in [6.07, 6.45) is 1.98. The highest BCUT2D eigenvalue weighted by Gasteiger charge is 1.93. The number of hydrogen-bond donors (Lipinski definition) is 1. The molecule has 15 heavy (non-hydrogen) atoms. The Morgan fingerprint density at radius 3 is 2.20 bits per heavy atom. The molecule has 2 nitrogen and oxygen atoms in total. The first-order chi connectivity index (χ1) is 7.36. The molecule has 86 valence electrons. The predicted octanol–water partition coefficient (Wildman–Crippen LogP) is 3.00. The summed E-state index contributed by atoms with van der Waals surface area (Å²) in [5, 5.41) is 0. The van der Waals surface area contributed by atoms with Gasteiger partial charge in [-0.05, 0) is 37.1 Å². The van der Waals surface area contributed by atoms with Crippen molar-refractivity contribution in [1.29, 1.82) is 0 Å². The Labute approximate surface area is 93.4 Å². The van der Waals surface area contributed by atoms with Crippen LogP contribution in [0.2, 0.25) is 0 Å². The molecule has 1 aromatic carbocycles. The molecule has 0 aliphatic rings. The molecule has 0 unspecified atom stereocenters. The lowest BCUT2D eigenvalue weighted by molar-refractivity contribution is 0.317. The van der Waals surface area contributed by atoms with E-state index in [1.807, 2.05) is 26.0 Å². The normalized spacial score (nSPS) is 9.07. The van der Waals surface area contributed by atoms with Crippen molar-refractivity contribution in [2.24, 2.45) is 5.73 Å². The number of hydrogen-bond acceptors (Lipinski definition) is 2. The summed E-state index contributed by atoms with van der Waals surface area (Å²) in [6.45, 7) is 7.59. The molecule has 0 atom stereocenters. The number of ether oxygens (including phenoxy) is 1. The molecule has 0 amide bonds. The van der Waals surface area contributed by atoms with E-state index < -0.39 is 0 Å². The highest BCUT2D eigenvalue weighted by molar-refractivity contribution is 5.27. The van der Waals surface area contributed by atoms with Crippen LogP contribution in [0.3, 0.4) is 0 Å². The van der Waals surface area contributed by atoms with Crippen LogP contribution in [-0.4, -0.2) is 13.2 Å². The molecule has 0 spiro atoms. The van der Waals surface area contributed by atoms with Crippen molar-refractivity contribution in [3.8, 4) is 5.75 Å². The summed E-state index contributed by atoms with van der Waals surface area (Å²) in [6, 6.07) is 8.14. The summed E-state index contributed by atoms with van der Waals surface area (Å²) < 4.78 is 5.46. The SMILES string of the molecule is CC.CCCOc1ccc(CCN)cc1. The molecule has 1 rings (SSSR count). The van der Waals surface area contributed by atoms with E-state index in [1.54, 1.807) is 0 Å². The highest BCUT2D eigenvalue weighted by Crippen LogP contribution is 2.12. The van der Waals surface area contributed by atoms with Gasteiger partial charge in [-0.25, -0.2) is 0 Å². The van der Waals surface area contributed by atoms with Crippen LogP contribution in [0.25, 0.3) is 0 Å². The van der Waals surface area contributed by atoms with Crippen molar-refractivity contribution in [1.82, 2.24) is 0 Å². The predicted molar refractivity (Wildman–Crippen MR) is 66.3 cm³/mol. The molecule has 0 bridgehead atoms. The van der Waals surface area contributed by atoms with E-state index in [9.17, 15) is 0 Å². The Balaban J connectivity index is 0.000000921. The van der Waals surface area contributed by atoms with Crippen LogP contribution >= 0.6 is 0 Å². The maximum Gasteiger partial charge on any atom is 0.119 e. The Kier molecular flexibility index (Phi) is 8.88. The minimum absolute atomic E-state index is 0.704. The third-order valence-corrected chi connectivity index (χ3v) is 1.83. The molecule has 0 aromatic heterocycles. The monoisotopic (exact) mass is 209 g/mol. The molecule has 0 radical (unpaired) electrons. The maximum absolute atomic E-state index is 5.46. The van der Waals surface area contributed by atoms with Crippen molar-refractivity contribution < 1.29 is 4.74 Å². The average molecular weight is 209 g/mol. The van der Waals surface area contributed by atoms with Gasteiger partial charge >= 0.3 is 0 Å². The highest BCUT2D eigenvalue weighted by atomic mass is 16.5. The molecular weight excluding hydrogens is 186 g/mol. The summed E-state index contributed by atoms with van der Waals surface area (Å²) >= 11 is 0. The van der Waals surface area contributed by atoms with E-state index in [-0.39, 0.29) is 0 Å². The van der Waals surface area contributed by atoms with Crippen LogP contribution in [0.15, 0.2) is 24.3 Å². The van der Waals surface area contributed by atoms with Crippen LogP contribution in [-0.2, 0) is 6.42 Å². The number of nitrogens with two attached hydrogens (primary N) is 1. The lowest BCUT2D eigenvalue weighted by atomic mass is 10.1. The Bertz CT molecular complexity index is 231. The average Bonchev–Trinajstić information content (AvgIpc) is 2.31. The van der Waals surface area contributed by atoms with Gasteiger partial charge in [-0.15, -0.1) is 0 Å². The fraction of sp³-hybridized carbons (Fsp3) is 0.538. The third-order valence-electron chi connectivity index (χ3n) is 1.83. The van der Waals surface area contributed by atoms with E-state index in [0.29, 0.717) is 6.54 Å². The third kappa shape index (κ3) is 6.13. The van der Waals surface area contributed by atoms with Crippen LogP contribution in [0.5, 0.6) is 5.75 Å². The van der Waals surface area contributed by atoms with Gasteiger partial charge < -0.3 is 10.5 Å². The zero-order valence-electron chi connectivity index (χ0n) is 10.1. The second-order valence-corrected chi connectivity index (χ2v) is 3.03. The lowest BCUT2D eigenvalue weighted by Crippen LogP contribution is -2.02. The minimum Gasteiger partial charge on any atom is -0.494 e. The molecule has 0 aliphatic carbocycles. The van der Waals surface area contributed by atoms with Gasteiger partial charge in [0.15, 0.2) is 0 Å². The van der Waals surface area contributed by atoms with E-state index in [4.69, 9.17) is 10.5 Å². The fourth-order valence-corrected chi connectivity index (χ4v) is 1.14. The van der Waals surface area contributed by atoms with Crippen molar-refractivity contribution in [2.45, 2.75) is 33.6 Å². The zero-order valence-corrected chi connectivity index (χ0v) is 10.1. The van der Waals surface area contributed by atoms with Gasteiger partial charge in [-0.3, -0.25) is 0 Å². The summed E-state index contributed by atoms with van der Waals surface area (Å²) in [4.78, 5) is 0. The summed E-state index contributed by atoms with van der Waals surface area (Å²) in [5.74, 6) is 0.947. The molecule has 1 aromatic rings. The van der Waals surface area contributed by atoms with Gasteiger partial charge in [-0.2, -0.15) is 0 Å². The molecule has 2 heteroatoms. The van der Waals surface area contributed by atoms with Gasteiger partial charge in [-0.1, -0.05) is 32.9 Å². The first-order valence-corrected chi connectivity index (χ1v) is 5.78. The van der Waals surface area contributed by atoms with Crippen LogP contribution in [0.4, 0.5) is 0 Å². The molecule has 0 fully saturated rings.